The first kappa shape index (κ1) is 16.4. The van der Waals surface area contributed by atoms with Gasteiger partial charge in [0.25, 0.3) is 0 Å². The summed E-state index contributed by atoms with van der Waals surface area (Å²) in [6.45, 7) is 9.16. The zero-order valence-corrected chi connectivity index (χ0v) is 12.8. The first-order valence-corrected chi connectivity index (χ1v) is 7.42. The normalized spacial score (nSPS) is 22.8. The Kier molecular flexibility index (Phi) is 5.81. The van der Waals surface area contributed by atoms with E-state index in [-0.39, 0.29) is 11.6 Å². The summed E-state index contributed by atoms with van der Waals surface area (Å²) in [5.74, 6) is -0.261. The molecule has 0 spiro atoms. The lowest BCUT2D eigenvalue weighted by molar-refractivity contribution is -0.176. The Balaban J connectivity index is 2.67. The van der Waals surface area contributed by atoms with E-state index in [0.717, 1.165) is 25.7 Å². The van der Waals surface area contributed by atoms with Crippen LogP contribution in [0.5, 0.6) is 0 Å². The van der Waals surface area contributed by atoms with E-state index in [1.165, 1.54) is 0 Å². The second-order valence-electron chi connectivity index (χ2n) is 6.32. The Morgan fingerprint density at radius 1 is 1.21 bits per heavy atom. The van der Waals surface area contributed by atoms with Crippen molar-refractivity contribution in [1.82, 2.24) is 0 Å². The molecule has 0 amide bonds. The van der Waals surface area contributed by atoms with E-state index in [4.69, 9.17) is 15.2 Å². The molecule has 0 radical (unpaired) electrons. The Morgan fingerprint density at radius 3 is 2.21 bits per heavy atom. The van der Waals surface area contributed by atoms with E-state index >= 15 is 0 Å². The average molecular weight is 271 g/mol. The fourth-order valence-electron chi connectivity index (χ4n) is 2.59. The number of ether oxygens (including phenoxy) is 2. The molecule has 0 aromatic heterocycles. The molecule has 0 heterocycles. The number of rotatable bonds is 6. The summed E-state index contributed by atoms with van der Waals surface area (Å²) in [4.78, 5) is 11.8. The van der Waals surface area contributed by atoms with E-state index in [9.17, 15) is 4.79 Å². The van der Waals surface area contributed by atoms with Gasteiger partial charge in [0, 0.05) is 6.54 Å². The van der Waals surface area contributed by atoms with Gasteiger partial charge in [0.1, 0.15) is 0 Å². The molecule has 1 fully saturated rings. The number of hydrogen-bond donors (Lipinski definition) is 1. The van der Waals surface area contributed by atoms with Crippen molar-refractivity contribution in [2.24, 2.45) is 11.1 Å². The quantitative estimate of drug-likeness (QED) is 0.754. The Hall–Kier alpha value is -0.610. The summed E-state index contributed by atoms with van der Waals surface area (Å²) < 4.78 is 11.1. The van der Waals surface area contributed by atoms with Gasteiger partial charge < -0.3 is 15.2 Å². The molecule has 1 aliphatic rings. The van der Waals surface area contributed by atoms with Crippen LogP contribution in [0.3, 0.4) is 0 Å². The predicted octanol–water partition coefficient (Wildman–Crippen LogP) is 2.64. The van der Waals surface area contributed by atoms with Gasteiger partial charge in [-0.2, -0.15) is 0 Å². The third-order valence-corrected chi connectivity index (χ3v) is 4.20. The van der Waals surface area contributed by atoms with Crippen molar-refractivity contribution in [3.63, 3.8) is 0 Å². The average Bonchev–Trinajstić information content (AvgIpc) is 2.38. The third-order valence-electron chi connectivity index (χ3n) is 4.20. The molecule has 0 aliphatic heterocycles. The molecule has 19 heavy (non-hydrogen) atoms. The number of hydrogen-bond acceptors (Lipinski definition) is 4. The van der Waals surface area contributed by atoms with Crippen LogP contribution in [0.4, 0.5) is 0 Å². The van der Waals surface area contributed by atoms with Gasteiger partial charge in [-0.05, 0) is 44.4 Å². The molecule has 4 nitrogen and oxygen atoms in total. The van der Waals surface area contributed by atoms with E-state index in [1.807, 2.05) is 13.8 Å². The van der Waals surface area contributed by atoms with Gasteiger partial charge in [0.05, 0.1) is 12.2 Å². The molecule has 4 heteroatoms. The Morgan fingerprint density at radius 2 is 1.79 bits per heavy atom. The van der Waals surface area contributed by atoms with Gasteiger partial charge in [-0.15, -0.1) is 0 Å². The van der Waals surface area contributed by atoms with Gasteiger partial charge in [-0.25, -0.2) is 4.79 Å². The highest BCUT2D eigenvalue weighted by atomic mass is 16.6. The highest BCUT2D eigenvalue weighted by molar-refractivity contribution is 5.74. The maximum absolute atomic E-state index is 11.8. The standard InChI is InChI=1S/C15H29NO3/c1-5-12(13(17)18-6-2)19-15(11-16)9-7-14(3,4)8-10-15/h12H,5-11,16H2,1-4H3. The Labute approximate surface area is 117 Å². The molecule has 1 unspecified atom stereocenters. The lowest BCUT2D eigenvalue weighted by Gasteiger charge is -2.44. The van der Waals surface area contributed by atoms with Gasteiger partial charge in [0.2, 0.25) is 0 Å². The summed E-state index contributed by atoms with van der Waals surface area (Å²) in [6, 6.07) is 0. The molecular formula is C15H29NO3. The molecule has 1 aliphatic carbocycles. The number of carbonyl (C=O) groups is 1. The zero-order valence-electron chi connectivity index (χ0n) is 12.8. The van der Waals surface area contributed by atoms with Crippen molar-refractivity contribution >= 4 is 5.97 Å². The number of esters is 1. The predicted molar refractivity (Wildman–Crippen MR) is 75.8 cm³/mol. The van der Waals surface area contributed by atoms with Crippen LogP contribution in [-0.2, 0) is 14.3 Å². The molecule has 1 atom stereocenters. The van der Waals surface area contributed by atoms with Gasteiger partial charge in [-0.3, -0.25) is 0 Å². The highest BCUT2D eigenvalue weighted by Gasteiger charge is 2.41. The summed E-state index contributed by atoms with van der Waals surface area (Å²) in [5.41, 5.74) is 5.94. The molecule has 0 bridgehead atoms. The number of nitrogens with two attached hydrogens (primary N) is 1. The van der Waals surface area contributed by atoms with Crippen LogP contribution in [0.15, 0.2) is 0 Å². The minimum atomic E-state index is -0.482. The first-order valence-electron chi connectivity index (χ1n) is 7.42. The fourth-order valence-corrected chi connectivity index (χ4v) is 2.59. The second kappa shape index (κ2) is 6.71. The monoisotopic (exact) mass is 271 g/mol. The second-order valence-corrected chi connectivity index (χ2v) is 6.32. The molecular weight excluding hydrogens is 242 g/mol. The molecule has 1 saturated carbocycles. The van der Waals surface area contributed by atoms with E-state index < -0.39 is 6.10 Å². The van der Waals surface area contributed by atoms with E-state index in [0.29, 0.717) is 25.0 Å². The SMILES string of the molecule is CCOC(=O)C(CC)OC1(CN)CCC(C)(C)CC1. The van der Waals surface area contributed by atoms with Crippen molar-refractivity contribution in [1.29, 1.82) is 0 Å². The van der Waals surface area contributed by atoms with Crippen LogP contribution in [0.2, 0.25) is 0 Å². The summed E-state index contributed by atoms with van der Waals surface area (Å²) in [5, 5.41) is 0. The van der Waals surface area contributed by atoms with E-state index in [1.54, 1.807) is 0 Å². The molecule has 112 valence electrons. The van der Waals surface area contributed by atoms with Gasteiger partial charge >= 0.3 is 5.97 Å². The van der Waals surface area contributed by atoms with Crippen molar-refractivity contribution < 1.29 is 14.3 Å². The lowest BCUT2D eigenvalue weighted by Crippen LogP contribution is -2.49. The highest BCUT2D eigenvalue weighted by Crippen LogP contribution is 2.42. The molecule has 0 aromatic carbocycles. The smallest absolute Gasteiger partial charge is 0.335 e. The molecule has 0 saturated heterocycles. The van der Waals surface area contributed by atoms with Crippen LogP contribution < -0.4 is 5.73 Å². The van der Waals surface area contributed by atoms with Crippen LogP contribution in [-0.4, -0.2) is 30.8 Å². The maximum atomic E-state index is 11.8. The van der Waals surface area contributed by atoms with Crippen LogP contribution in [0, 0.1) is 5.41 Å². The molecule has 0 aromatic rings. The van der Waals surface area contributed by atoms with Crippen molar-refractivity contribution in [3.8, 4) is 0 Å². The summed E-state index contributed by atoms with van der Waals surface area (Å²) >= 11 is 0. The van der Waals surface area contributed by atoms with Crippen molar-refractivity contribution in [2.75, 3.05) is 13.2 Å². The van der Waals surface area contributed by atoms with Crippen LogP contribution in [0.1, 0.15) is 59.8 Å². The fraction of sp³-hybridized carbons (Fsp3) is 0.933. The largest absolute Gasteiger partial charge is 0.464 e. The number of carbonyl (C=O) groups excluding carboxylic acids is 1. The summed E-state index contributed by atoms with van der Waals surface area (Å²) in [7, 11) is 0. The van der Waals surface area contributed by atoms with Crippen LogP contribution >= 0.6 is 0 Å². The summed E-state index contributed by atoms with van der Waals surface area (Å²) in [6.07, 6.45) is 4.17. The maximum Gasteiger partial charge on any atom is 0.335 e. The van der Waals surface area contributed by atoms with Gasteiger partial charge in [0.15, 0.2) is 6.10 Å². The minimum absolute atomic E-state index is 0.261. The molecule has 1 rings (SSSR count). The molecule has 2 N–H and O–H groups in total. The van der Waals surface area contributed by atoms with Crippen molar-refractivity contribution in [2.45, 2.75) is 71.5 Å². The van der Waals surface area contributed by atoms with Crippen LogP contribution in [0.25, 0.3) is 0 Å². The van der Waals surface area contributed by atoms with Gasteiger partial charge in [-0.1, -0.05) is 20.8 Å². The van der Waals surface area contributed by atoms with Crippen molar-refractivity contribution in [3.05, 3.63) is 0 Å². The zero-order chi connectivity index (χ0) is 14.5. The first-order chi connectivity index (χ1) is 8.88. The Bertz CT molecular complexity index is 292. The topological polar surface area (TPSA) is 61.5 Å². The lowest BCUT2D eigenvalue weighted by atomic mass is 9.71. The van der Waals surface area contributed by atoms with E-state index in [2.05, 4.69) is 13.8 Å². The third kappa shape index (κ3) is 4.46. The minimum Gasteiger partial charge on any atom is -0.464 e.